The number of aromatic nitrogens is 1. The zero-order valence-electron chi connectivity index (χ0n) is 10.7. The van der Waals surface area contributed by atoms with Gasteiger partial charge in [0.2, 0.25) is 0 Å². The molecule has 1 saturated carbocycles. The summed E-state index contributed by atoms with van der Waals surface area (Å²) in [6, 6.07) is 5.92. The Morgan fingerprint density at radius 3 is 2.94 bits per heavy atom. The average molecular weight is 246 g/mol. The topological polar surface area (TPSA) is 27.8 Å². The Morgan fingerprint density at radius 2 is 2.22 bits per heavy atom. The number of hydrogen-bond donors (Lipinski definition) is 2. The lowest BCUT2D eigenvalue weighted by Crippen LogP contribution is -2.48. The van der Waals surface area contributed by atoms with Crippen molar-refractivity contribution in [3.8, 4) is 0 Å². The standard InChI is InChI=1S/C15H19FN2/c1-15(7-3-8-15)18-9-6-11-4-2-5-13-14(11)12(16)10-17-13/h2,4-5,10,17-18H,3,6-9H2,1H3. The van der Waals surface area contributed by atoms with Gasteiger partial charge in [0.1, 0.15) is 5.82 Å². The molecule has 1 aromatic carbocycles. The number of nitrogens with one attached hydrogen (secondary N) is 2. The smallest absolute Gasteiger partial charge is 0.148 e. The summed E-state index contributed by atoms with van der Waals surface area (Å²) in [4.78, 5) is 2.96. The van der Waals surface area contributed by atoms with Gasteiger partial charge in [0.15, 0.2) is 0 Å². The number of hydrogen-bond acceptors (Lipinski definition) is 1. The van der Waals surface area contributed by atoms with Crippen LogP contribution < -0.4 is 5.32 Å². The van der Waals surface area contributed by atoms with Crippen LogP contribution in [0.15, 0.2) is 24.4 Å². The Labute approximate surface area is 107 Å². The van der Waals surface area contributed by atoms with Crippen molar-refractivity contribution in [1.29, 1.82) is 0 Å². The zero-order valence-corrected chi connectivity index (χ0v) is 10.7. The van der Waals surface area contributed by atoms with E-state index in [2.05, 4.69) is 17.2 Å². The summed E-state index contributed by atoms with van der Waals surface area (Å²) >= 11 is 0. The predicted octanol–water partition coefficient (Wildman–Crippen LogP) is 3.38. The van der Waals surface area contributed by atoms with Crippen molar-refractivity contribution in [3.05, 3.63) is 35.8 Å². The van der Waals surface area contributed by atoms with E-state index in [9.17, 15) is 4.39 Å². The molecule has 1 heterocycles. The maximum absolute atomic E-state index is 13.7. The fourth-order valence-electron chi connectivity index (χ4n) is 2.81. The van der Waals surface area contributed by atoms with Crippen molar-refractivity contribution in [2.45, 2.75) is 38.1 Å². The van der Waals surface area contributed by atoms with E-state index >= 15 is 0 Å². The van der Waals surface area contributed by atoms with E-state index in [1.165, 1.54) is 25.5 Å². The minimum Gasteiger partial charge on any atom is -0.359 e. The van der Waals surface area contributed by atoms with Gasteiger partial charge in [-0.3, -0.25) is 0 Å². The summed E-state index contributed by atoms with van der Waals surface area (Å²) in [6.07, 6.45) is 6.16. The maximum Gasteiger partial charge on any atom is 0.148 e. The van der Waals surface area contributed by atoms with Crippen LogP contribution in [0, 0.1) is 5.82 Å². The summed E-state index contributed by atoms with van der Waals surface area (Å²) in [5, 5.41) is 4.34. The predicted molar refractivity (Wildman–Crippen MR) is 72.2 cm³/mol. The van der Waals surface area contributed by atoms with Gasteiger partial charge >= 0.3 is 0 Å². The first-order chi connectivity index (χ1) is 8.68. The van der Waals surface area contributed by atoms with Crippen molar-refractivity contribution < 1.29 is 4.39 Å². The second kappa shape index (κ2) is 4.39. The molecule has 2 N–H and O–H groups in total. The molecule has 0 atom stereocenters. The monoisotopic (exact) mass is 246 g/mol. The Bertz CT molecular complexity index is 555. The molecular formula is C15H19FN2. The number of H-pyrrole nitrogens is 1. The quantitative estimate of drug-likeness (QED) is 0.850. The molecule has 0 aliphatic heterocycles. The molecule has 0 amide bonds. The number of aromatic amines is 1. The molecule has 3 heteroatoms. The third-order valence-electron chi connectivity index (χ3n) is 4.15. The van der Waals surface area contributed by atoms with Crippen LogP contribution in [-0.2, 0) is 6.42 Å². The van der Waals surface area contributed by atoms with Gasteiger partial charge in [-0.1, -0.05) is 12.1 Å². The van der Waals surface area contributed by atoms with Gasteiger partial charge in [0.05, 0.1) is 0 Å². The summed E-state index contributed by atoms with van der Waals surface area (Å²) in [7, 11) is 0. The first-order valence-electron chi connectivity index (χ1n) is 6.67. The average Bonchev–Trinajstić information content (AvgIpc) is 2.70. The number of benzene rings is 1. The molecule has 2 aromatic rings. The molecule has 3 rings (SSSR count). The Kier molecular flexibility index (Phi) is 2.86. The molecule has 0 unspecified atom stereocenters. The normalized spacial score (nSPS) is 17.9. The Morgan fingerprint density at radius 1 is 1.39 bits per heavy atom. The zero-order chi connectivity index (χ0) is 12.6. The highest BCUT2D eigenvalue weighted by atomic mass is 19.1. The molecule has 0 bridgehead atoms. The molecule has 18 heavy (non-hydrogen) atoms. The van der Waals surface area contributed by atoms with E-state index in [0.29, 0.717) is 5.54 Å². The van der Waals surface area contributed by atoms with Crippen LogP contribution in [-0.4, -0.2) is 17.1 Å². The molecule has 0 spiro atoms. The molecule has 0 saturated heterocycles. The lowest BCUT2D eigenvalue weighted by molar-refractivity contribution is 0.210. The molecule has 1 aliphatic rings. The third-order valence-corrected chi connectivity index (χ3v) is 4.15. The first kappa shape index (κ1) is 11.7. The van der Waals surface area contributed by atoms with Crippen molar-refractivity contribution in [3.63, 3.8) is 0 Å². The van der Waals surface area contributed by atoms with Gasteiger partial charge in [0.25, 0.3) is 0 Å². The van der Waals surface area contributed by atoms with E-state index in [-0.39, 0.29) is 5.82 Å². The van der Waals surface area contributed by atoms with Crippen LogP contribution >= 0.6 is 0 Å². The highest BCUT2D eigenvalue weighted by molar-refractivity contribution is 5.83. The van der Waals surface area contributed by atoms with Crippen LogP contribution in [0.1, 0.15) is 31.7 Å². The second-order valence-corrected chi connectivity index (χ2v) is 5.57. The van der Waals surface area contributed by atoms with Gasteiger partial charge in [-0.25, -0.2) is 4.39 Å². The molecule has 1 aliphatic carbocycles. The van der Waals surface area contributed by atoms with Crippen LogP contribution in [0.5, 0.6) is 0 Å². The van der Waals surface area contributed by atoms with Crippen LogP contribution in [0.4, 0.5) is 4.39 Å². The Hall–Kier alpha value is -1.35. The molecule has 0 radical (unpaired) electrons. The van der Waals surface area contributed by atoms with E-state index in [1.54, 1.807) is 0 Å². The molecular weight excluding hydrogens is 227 g/mol. The van der Waals surface area contributed by atoms with Gasteiger partial charge in [-0.05, 0) is 50.8 Å². The molecule has 1 fully saturated rings. The fourth-order valence-corrected chi connectivity index (χ4v) is 2.81. The van der Waals surface area contributed by atoms with E-state index in [0.717, 1.165) is 29.4 Å². The van der Waals surface area contributed by atoms with Gasteiger partial charge in [0, 0.05) is 22.6 Å². The van der Waals surface area contributed by atoms with E-state index < -0.39 is 0 Å². The molecule has 2 nitrogen and oxygen atoms in total. The minimum atomic E-state index is -0.143. The van der Waals surface area contributed by atoms with Gasteiger partial charge < -0.3 is 10.3 Å². The van der Waals surface area contributed by atoms with Crippen LogP contribution in [0.3, 0.4) is 0 Å². The number of rotatable bonds is 4. The van der Waals surface area contributed by atoms with Crippen LogP contribution in [0.2, 0.25) is 0 Å². The van der Waals surface area contributed by atoms with E-state index in [4.69, 9.17) is 0 Å². The molecule has 1 aromatic heterocycles. The summed E-state index contributed by atoms with van der Waals surface area (Å²) in [6.45, 7) is 3.19. The van der Waals surface area contributed by atoms with Crippen molar-refractivity contribution in [2.24, 2.45) is 0 Å². The lowest BCUT2D eigenvalue weighted by Gasteiger charge is -2.39. The highest BCUT2D eigenvalue weighted by Crippen LogP contribution is 2.31. The van der Waals surface area contributed by atoms with Gasteiger partial charge in [-0.15, -0.1) is 0 Å². The summed E-state index contributed by atoms with van der Waals surface area (Å²) in [5.74, 6) is -0.143. The summed E-state index contributed by atoms with van der Waals surface area (Å²) < 4.78 is 13.7. The van der Waals surface area contributed by atoms with Gasteiger partial charge in [-0.2, -0.15) is 0 Å². The lowest BCUT2D eigenvalue weighted by atomic mass is 9.78. The second-order valence-electron chi connectivity index (χ2n) is 5.57. The Balaban J connectivity index is 1.72. The number of halogens is 1. The SMILES string of the molecule is CC1(NCCc2cccc3[nH]cc(F)c23)CCC1. The van der Waals surface area contributed by atoms with Crippen molar-refractivity contribution in [1.82, 2.24) is 10.3 Å². The molecule has 96 valence electrons. The third kappa shape index (κ3) is 2.03. The van der Waals surface area contributed by atoms with Crippen molar-refractivity contribution in [2.75, 3.05) is 6.54 Å². The van der Waals surface area contributed by atoms with Crippen molar-refractivity contribution >= 4 is 10.9 Å². The summed E-state index contributed by atoms with van der Waals surface area (Å²) in [5.41, 5.74) is 2.30. The van der Waals surface area contributed by atoms with E-state index in [1.807, 2.05) is 18.2 Å². The largest absolute Gasteiger partial charge is 0.359 e. The minimum absolute atomic E-state index is 0.143. The highest BCUT2D eigenvalue weighted by Gasteiger charge is 2.30. The first-order valence-corrected chi connectivity index (χ1v) is 6.67. The van der Waals surface area contributed by atoms with Crippen LogP contribution in [0.25, 0.3) is 10.9 Å². The fraction of sp³-hybridized carbons (Fsp3) is 0.467. The number of fused-ring (bicyclic) bond motifs is 1. The maximum atomic E-state index is 13.7.